The Labute approximate surface area is 118 Å². The molecule has 0 spiro atoms. The summed E-state index contributed by atoms with van der Waals surface area (Å²) in [6.45, 7) is 4.22. The van der Waals surface area contributed by atoms with Gasteiger partial charge in [-0.25, -0.2) is 0 Å². The summed E-state index contributed by atoms with van der Waals surface area (Å²) >= 11 is 0. The minimum atomic E-state index is -0.567. The molecule has 2 amide bonds. The van der Waals surface area contributed by atoms with Crippen LogP contribution in [-0.2, 0) is 9.59 Å². The zero-order chi connectivity index (χ0) is 14.7. The van der Waals surface area contributed by atoms with Crippen LogP contribution >= 0.6 is 0 Å². The number of imide groups is 1. The molecule has 2 rings (SSSR count). The third-order valence-corrected chi connectivity index (χ3v) is 3.41. The summed E-state index contributed by atoms with van der Waals surface area (Å²) in [7, 11) is 0. The molecule has 1 N–H and O–H groups in total. The summed E-state index contributed by atoms with van der Waals surface area (Å²) in [5.41, 5.74) is 1.97. The number of hydrogen-bond donors (Lipinski definition) is 1. The van der Waals surface area contributed by atoms with E-state index in [1.807, 2.05) is 26.0 Å². The van der Waals surface area contributed by atoms with Crippen molar-refractivity contribution in [3.8, 4) is 6.07 Å². The molecule has 0 saturated carbocycles. The van der Waals surface area contributed by atoms with E-state index in [4.69, 9.17) is 0 Å². The van der Waals surface area contributed by atoms with Gasteiger partial charge in [-0.3, -0.25) is 14.5 Å². The average molecular weight is 271 g/mol. The number of anilines is 1. The molecule has 1 saturated heterocycles. The SMILES string of the molecule is CCCN1C(=O)CC(Nc2cccc(C)c2C#N)C1=O. The highest BCUT2D eigenvalue weighted by Gasteiger charge is 2.38. The van der Waals surface area contributed by atoms with Gasteiger partial charge in [-0.2, -0.15) is 5.26 Å². The quantitative estimate of drug-likeness (QED) is 0.848. The average Bonchev–Trinajstić information content (AvgIpc) is 2.67. The second-order valence-electron chi connectivity index (χ2n) is 4.89. The van der Waals surface area contributed by atoms with E-state index in [9.17, 15) is 14.9 Å². The third kappa shape index (κ3) is 2.50. The van der Waals surface area contributed by atoms with Crippen molar-refractivity contribution in [1.82, 2.24) is 4.90 Å². The first-order chi connectivity index (χ1) is 9.58. The van der Waals surface area contributed by atoms with Crippen LogP contribution in [0.2, 0.25) is 0 Å². The number of rotatable bonds is 4. The highest BCUT2D eigenvalue weighted by molar-refractivity contribution is 6.06. The molecule has 1 aromatic rings. The van der Waals surface area contributed by atoms with Crippen molar-refractivity contribution in [3.63, 3.8) is 0 Å². The molecule has 1 aliphatic rings. The predicted molar refractivity (Wildman–Crippen MR) is 74.9 cm³/mol. The Balaban J connectivity index is 2.20. The molecule has 1 aliphatic heterocycles. The van der Waals surface area contributed by atoms with E-state index in [0.717, 1.165) is 12.0 Å². The first-order valence-electron chi connectivity index (χ1n) is 6.69. The Kier molecular flexibility index (Phi) is 4.04. The molecule has 104 valence electrons. The Bertz CT molecular complexity index is 589. The molecule has 5 nitrogen and oxygen atoms in total. The fourth-order valence-electron chi connectivity index (χ4n) is 2.38. The molecule has 0 bridgehead atoms. The van der Waals surface area contributed by atoms with Crippen LogP contribution in [0, 0.1) is 18.3 Å². The van der Waals surface area contributed by atoms with Crippen molar-refractivity contribution in [3.05, 3.63) is 29.3 Å². The largest absolute Gasteiger partial charge is 0.372 e. The summed E-state index contributed by atoms with van der Waals surface area (Å²) < 4.78 is 0. The number of nitrogens with one attached hydrogen (secondary N) is 1. The minimum Gasteiger partial charge on any atom is -0.372 e. The lowest BCUT2D eigenvalue weighted by molar-refractivity contribution is -0.138. The number of carbonyl (C=O) groups excluding carboxylic acids is 2. The molecule has 1 heterocycles. The van der Waals surface area contributed by atoms with Gasteiger partial charge in [0.05, 0.1) is 17.7 Å². The zero-order valence-electron chi connectivity index (χ0n) is 11.6. The molecule has 0 radical (unpaired) electrons. The van der Waals surface area contributed by atoms with Crippen molar-refractivity contribution in [2.75, 3.05) is 11.9 Å². The van der Waals surface area contributed by atoms with Crippen LogP contribution in [0.15, 0.2) is 18.2 Å². The Hall–Kier alpha value is -2.35. The predicted octanol–water partition coefficient (Wildman–Crippen LogP) is 1.82. The van der Waals surface area contributed by atoms with E-state index < -0.39 is 6.04 Å². The molecule has 1 unspecified atom stereocenters. The Morgan fingerprint density at radius 3 is 2.85 bits per heavy atom. The first-order valence-corrected chi connectivity index (χ1v) is 6.69. The number of amides is 2. The lowest BCUT2D eigenvalue weighted by atomic mass is 10.1. The Morgan fingerprint density at radius 2 is 2.20 bits per heavy atom. The maximum atomic E-state index is 12.2. The summed E-state index contributed by atoms with van der Waals surface area (Å²) in [5, 5.41) is 12.2. The molecule has 1 fully saturated rings. The highest BCUT2D eigenvalue weighted by Crippen LogP contribution is 2.23. The van der Waals surface area contributed by atoms with Crippen LogP contribution in [0.25, 0.3) is 0 Å². The normalized spacial score (nSPS) is 18.2. The first kappa shape index (κ1) is 14.1. The number of carbonyl (C=O) groups is 2. The molecular weight excluding hydrogens is 254 g/mol. The van der Waals surface area contributed by atoms with Crippen molar-refractivity contribution >= 4 is 17.5 Å². The van der Waals surface area contributed by atoms with E-state index in [-0.39, 0.29) is 18.2 Å². The van der Waals surface area contributed by atoms with Gasteiger partial charge in [-0.15, -0.1) is 0 Å². The van der Waals surface area contributed by atoms with Gasteiger partial charge in [0.15, 0.2) is 0 Å². The number of aryl methyl sites for hydroxylation is 1. The fraction of sp³-hybridized carbons (Fsp3) is 0.400. The van der Waals surface area contributed by atoms with Gasteiger partial charge in [0.1, 0.15) is 12.1 Å². The molecule has 0 aromatic heterocycles. The number of hydrogen-bond acceptors (Lipinski definition) is 4. The minimum absolute atomic E-state index is 0.150. The molecule has 20 heavy (non-hydrogen) atoms. The lowest BCUT2D eigenvalue weighted by Gasteiger charge is -2.16. The molecule has 1 aromatic carbocycles. The van der Waals surface area contributed by atoms with E-state index in [2.05, 4.69) is 11.4 Å². The van der Waals surface area contributed by atoms with E-state index in [0.29, 0.717) is 17.8 Å². The highest BCUT2D eigenvalue weighted by atomic mass is 16.2. The van der Waals surface area contributed by atoms with Crippen LogP contribution in [0.4, 0.5) is 5.69 Å². The van der Waals surface area contributed by atoms with Crippen molar-refractivity contribution in [2.45, 2.75) is 32.7 Å². The summed E-state index contributed by atoms with van der Waals surface area (Å²) in [4.78, 5) is 25.2. The van der Waals surface area contributed by atoms with Crippen molar-refractivity contribution < 1.29 is 9.59 Å². The number of nitriles is 1. The topological polar surface area (TPSA) is 73.2 Å². The van der Waals surface area contributed by atoms with Gasteiger partial charge in [-0.05, 0) is 25.0 Å². The second kappa shape index (κ2) is 5.74. The summed E-state index contributed by atoms with van der Waals surface area (Å²) in [6, 6.07) is 6.98. The van der Waals surface area contributed by atoms with Crippen LogP contribution in [-0.4, -0.2) is 29.3 Å². The standard InChI is InChI=1S/C15H17N3O2/c1-3-7-18-14(19)8-13(15(18)20)17-12-6-4-5-10(2)11(12)9-16/h4-6,13,17H,3,7-8H2,1-2H3. The molecular formula is C15H17N3O2. The van der Waals surface area contributed by atoms with Gasteiger partial charge in [-0.1, -0.05) is 19.1 Å². The summed E-state index contributed by atoms with van der Waals surface area (Å²) in [6.07, 6.45) is 0.899. The van der Waals surface area contributed by atoms with Gasteiger partial charge < -0.3 is 5.32 Å². The monoisotopic (exact) mass is 271 g/mol. The van der Waals surface area contributed by atoms with Crippen molar-refractivity contribution in [2.24, 2.45) is 0 Å². The van der Waals surface area contributed by atoms with Crippen molar-refractivity contribution in [1.29, 1.82) is 5.26 Å². The Morgan fingerprint density at radius 1 is 1.45 bits per heavy atom. The molecule has 0 aliphatic carbocycles. The molecule has 5 heteroatoms. The van der Waals surface area contributed by atoms with E-state index in [1.165, 1.54) is 4.90 Å². The van der Waals surface area contributed by atoms with Crippen LogP contribution < -0.4 is 5.32 Å². The third-order valence-electron chi connectivity index (χ3n) is 3.41. The smallest absolute Gasteiger partial charge is 0.252 e. The van der Waals surface area contributed by atoms with E-state index >= 15 is 0 Å². The van der Waals surface area contributed by atoms with Crippen LogP contribution in [0.1, 0.15) is 30.9 Å². The van der Waals surface area contributed by atoms with Gasteiger partial charge in [0, 0.05) is 6.54 Å². The molecule has 1 atom stereocenters. The van der Waals surface area contributed by atoms with Gasteiger partial charge in [0.2, 0.25) is 5.91 Å². The number of nitrogens with zero attached hydrogens (tertiary/aromatic N) is 2. The van der Waals surface area contributed by atoms with Gasteiger partial charge >= 0.3 is 0 Å². The zero-order valence-corrected chi connectivity index (χ0v) is 11.6. The van der Waals surface area contributed by atoms with Crippen LogP contribution in [0.3, 0.4) is 0 Å². The number of benzene rings is 1. The fourth-order valence-corrected chi connectivity index (χ4v) is 2.38. The summed E-state index contributed by atoms with van der Waals surface area (Å²) in [5.74, 6) is -0.359. The maximum absolute atomic E-state index is 12.2. The second-order valence-corrected chi connectivity index (χ2v) is 4.89. The lowest BCUT2D eigenvalue weighted by Crippen LogP contribution is -2.35. The van der Waals surface area contributed by atoms with Gasteiger partial charge in [0.25, 0.3) is 5.91 Å². The maximum Gasteiger partial charge on any atom is 0.252 e. The number of likely N-dealkylation sites (tertiary alicyclic amines) is 1. The van der Waals surface area contributed by atoms with Crippen LogP contribution in [0.5, 0.6) is 0 Å². The van der Waals surface area contributed by atoms with E-state index in [1.54, 1.807) is 6.07 Å².